The van der Waals surface area contributed by atoms with Crippen LogP contribution in [0.4, 0.5) is 0 Å². The smallest absolute Gasteiger partial charge is 0.220 e. The van der Waals surface area contributed by atoms with Crippen molar-refractivity contribution >= 4 is 5.91 Å². The van der Waals surface area contributed by atoms with Gasteiger partial charge in [0.1, 0.15) is 0 Å². The Bertz CT molecular complexity index is 408. The van der Waals surface area contributed by atoms with Gasteiger partial charge in [-0.2, -0.15) is 0 Å². The lowest BCUT2D eigenvalue weighted by molar-refractivity contribution is -0.121. The van der Waals surface area contributed by atoms with E-state index in [1.165, 1.54) is 116 Å². The molecule has 3 nitrogen and oxygen atoms in total. The molecule has 0 aromatic carbocycles. The molecular weight excluding hydrogens is 394 g/mol. The van der Waals surface area contributed by atoms with Crippen LogP contribution in [-0.4, -0.2) is 23.7 Å². The molecule has 0 saturated carbocycles. The summed E-state index contributed by atoms with van der Waals surface area (Å²) in [5, 5.41) is 12.9. The predicted octanol–water partition coefficient (Wildman–Crippen LogP) is 8.64. The van der Waals surface area contributed by atoms with Crippen LogP contribution in [0, 0.1) is 0 Å². The number of aliphatic hydroxyl groups is 1. The van der Waals surface area contributed by atoms with Crippen LogP contribution in [0.5, 0.6) is 0 Å². The van der Waals surface area contributed by atoms with Gasteiger partial charge in [0, 0.05) is 13.0 Å². The van der Waals surface area contributed by atoms with Crippen LogP contribution in [0.15, 0.2) is 12.2 Å². The molecule has 32 heavy (non-hydrogen) atoms. The van der Waals surface area contributed by atoms with Crippen molar-refractivity contribution in [3.8, 4) is 0 Å². The standard InChI is InChI=1S/C29H57NO2/c1-3-5-7-9-11-13-14-15-16-18-19-21-23-25-28(31)27-30-29(32)26-24-22-20-17-12-10-8-6-4-2/h23,25,28,31H,3-22,24,26-27H2,1-2H3,(H,30,32)/b25-23+/t28-/m1/s1. The number of unbranched alkanes of at least 4 members (excludes halogenated alkanes) is 19. The quantitative estimate of drug-likeness (QED) is 0.108. The summed E-state index contributed by atoms with van der Waals surface area (Å²) in [6.07, 6.45) is 31.3. The molecule has 0 aromatic heterocycles. The van der Waals surface area contributed by atoms with E-state index < -0.39 is 6.10 Å². The summed E-state index contributed by atoms with van der Waals surface area (Å²) in [6, 6.07) is 0. The lowest BCUT2D eigenvalue weighted by atomic mass is 10.1. The third-order valence-corrected chi connectivity index (χ3v) is 6.35. The largest absolute Gasteiger partial charge is 0.387 e. The number of allylic oxidation sites excluding steroid dienone is 1. The molecule has 190 valence electrons. The van der Waals surface area contributed by atoms with E-state index in [1.54, 1.807) is 0 Å². The van der Waals surface area contributed by atoms with Crippen molar-refractivity contribution in [2.24, 2.45) is 0 Å². The molecule has 2 N–H and O–H groups in total. The summed E-state index contributed by atoms with van der Waals surface area (Å²) in [5.74, 6) is 0.0748. The maximum Gasteiger partial charge on any atom is 0.220 e. The minimum atomic E-state index is -0.560. The maximum absolute atomic E-state index is 11.9. The van der Waals surface area contributed by atoms with Gasteiger partial charge in [0.15, 0.2) is 0 Å². The number of hydrogen-bond donors (Lipinski definition) is 2. The van der Waals surface area contributed by atoms with Gasteiger partial charge in [-0.25, -0.2) is 0 Å². The van der Waals surface area contributed by atoms with E-state index in [0.717, 1.165) is 19.3 Å². The Morgan fingerprint density at radius 2 is 1.06 bits per heavy atom. The van der Waals surface area contributed by atoms with Gasteiger partial charge in [-0.3, -0.25) is 4.79 Å². The number of amides is 1. The summed E-state index contributed by atoms with van der Waals surface area (Å²) >= 11 is 0. The molecule has 0 spiro atoms. The third-order valence-electron chi connectivity index (χ3n) is 6.35. The first-order chi connectivity index (χ1) is 15.7. The fourth-order valence-corrected chi connectivity index (χ4v) is 4.15. The van der Waals surface area contributed by atoms with Gasteiger partial charge in [0.2, 0.25) is 5.91 Å². The highest BCUT2D eigenvalue weighted by molar-refractivity contribution is 5.75. The molecule has 0 aromatic rings. The first-order valence-electron chi connectivity index (χ1n) is 14.3. The molecule has 0 aliphatic heterocycles. The Kier molecular flexibility index (Phi) is 25.7. The first kappa shape index (κ1) is 31.2. The van der Waals surface area contributed by atoms with E-state index >= 15 is 0 Å². The average molecular weight is 452 g/mol. The van der Waals surface area contributed by atoms with Crippen LogP contribution >= 0.6 is 0 Å². The second-order valence-electron chi connectivity index (χ2n) is 9.70. The molecule has 0 fully saturated rings. The van der Waals surface area contributed by atoms with Gasteiger partial charge in [-0.15, -0.1) is 0 Å². The maximum atomic E-state index is 11.9. The topological polar surface area (TPSA) is 49.3 Å². The first-order valence-corrected chi connectivity index (χ1v) is 14.3. The summed E-state index contributed by atoms with van der Waals surface area (Å²) in [6.45, 7) is 4.86. The molecule has 1 atom stereocenters. The third kappa shape index (κ3) is 25.4. The monoisotopic (exact) mass is 451 g/mol. The number of rotatable bonds is 25. The zero-order chi connectivity index (χ0) is 23.5. The number of aliphatic hydroxyl groups excluding tert-OH is 1. The lowest BCUT2D eigenvalue weighted by Crippen LogP contribution is -2.30. The normalized spacial score (nSPS) is 12.5. The van der Waals surface area contributed by atoms with Crippen LogP contribution in [0.2, 0.25) is 0 Å². The Hall–Kier alpha value is -0.830. The van der Waals surface area contributed by atoms with E-state index in [-0.39, 0.29) is 5.91 Å². The van der Waals surface area contributed by atoms with Gasteiger partial charge in [-0.05, 0) is 19.3 Å². The van der Waals surface area contributed by atoms with Gasteiger partial charge >= 0.3 is 0 Å². The van der Waals surface area contributed by atoms with Crippen molar-refractivity contribution in [3.63, 3.8) is 0 Å². The van der Waals surface area contributed by atoms with Gasteiger partial charge in [-0.1, -0.05) is 142 Å². The Labute approximate surface area is 201 Å². The average Bonchev–Trinajstić information content (AvgIpc) is 2.79. The van der Waals surface area contributed by atoms with E-state index in [1.807, 2.05) is 6.08 Å². The number of nitrogens with one attached hydrogen (secondary N) is 1. The molecule has 0 unspecified atom stereocenters. The summed E-state index contributed by atoms with van der Waals surface area (Å²) < 4.78 is 0. The molecule has 0 saturated heterocycles. The van der Waals surface area contributed by atoms with Crippen LogP contribution < -0.4 is 5.32 Å². The highest BCUT2D eigenvalue weighted by Crippen LogP contribution is 2.12. The van der Waals surface area contributed by atoms with E-state index in [0.29, 0.717) is 13.0 Å². The highest BCUT2D eigenvalue weighted by atomic mass is 16.3. The van der Waals surface area contributed by atoms with Crippen LogP contribution in [0.25, 0.3) is 0 Å². The fourth-order valence-electron chi connectivity index (χ4n) is 4.15. The Balaban J connectivity index is 3.37. The number of carbonyl (C=O) groups excluding carboxylic acids is 1. The SMILES string of the molecule is CCCCCCCCCCCCC/C=C/[C@@H](O)CNC(=O)CCCCCCCCCCC. The van der Waals surface area contributed by atoms with Gasteiger partial charge in [0.05, 0.1) is 6.10 Å². The lowest BCUT2D eigenvalue weighted by Gasteiger charge is -2.08. The summed E-state index contributed by atoms with van der Waals surface area (Å²) in [4.78, 5) is 11.9. The van der Waals surface area contributed by atoms with Gasteiger partial charge in [0.25, 0.3) is 0 Å². The summed E-state index contributed by atoms with van der Waals surface area (Å²) in [5.41, 5.74) is 0. The Morgan fingerprint density at radius 3 is 1.53 bits per heavy atom. The molecule has 0 rings (SSSR count). The van der Waals surface area contributed by atoms with Crippen molar-refractivity contribution in [2.75, 3.05) is 6.54 Å². The molecule has 0 aliphatic rings. The number of carbonyl (C=O) groups is 1. The minimum Gasteiger partial charge on any atom is -0.387 e. The molecule has 0 bridgehead atoms. The molecular formula is C29H57NO2. The second-order valence-corrected chi connectivity index (χ2v) is 9.70. The predicted molar refractivity (Wildman–Crippen MR) is 141 cm³/mol. The van der Waals surface area contributed by atoms with E-state index in [9.17, 15) is 9.90 Å². The second kappa shape index (κ2) is 26.4. The van der Waals surface area contributed by atoms with Gasteiger partial charge < -0.3 is 10.4 Å². The molecule has 3 heteroatoms. The molecule has 0 heterocycles. The van der Waals surface area contributed by atoms with Crippen molar-refractivity contribution in [3.05, 3.63) is 12.2 Å². The van der Waals surface area contributed by atoms with Crippen LogP contribution in [0.3, 0.4) is 0 Å². The van der Waals surface area contributed by atoms with Crippen molar-refractivity contribution in [2.45, 2.75) is 161 Å². The van der Waals surface area contributed by atoms with Crippen molar-refractivity contribution in [1.29, 1.82) is 0 Å². The molecule has 0 aliphatic carbocycles. The summed E-state index contributed by atoms with van der Waals surface area (Å²) in [7, 11) is 0. The van der Waals surface area contributed by atoms with E-state index in [2.05, 4.69) is 25.2 Å². The molecule has 1 amide bonds. The van der Waals surface area contributed by atoms with E-state index in [4.69, 9.17) is 0 Å². The zero-order valence-corrected chi connectivity index (χ0v) is 21.9. The Morgan fingerprint density at radius 1 is 0.656 bits per heavy atom. The molecule has 0 radical (unpaired) electrons. The van der Waals surface area contributed by atoms with Crippen LogP contribution in [0.1, 0.15) is 155 Å². The van der Waals surface area contributed by atoms with Crippen LogP contribution in [-0.2, 0) is 4.79 Å². The highest BCUT2D eigenvalue weighted by Gasteiger charge is 2.04. The fraction of sp³-hybridized carbons (Fsp3) is 0.897. The van der Waals surface area contributed by atoms with Crippen molar-refractivity contribution in [1.82, 2.24) is 5.32 Å². The zero-order valence-electron chi connectivity index (χ0n) is 21.9. The number of hydrogen-bond acceptors (Lipinski definition) is 2. The minimum absolute atomic E-state index is 0.0748. The van der Waals surface area contributed by atoms with Crippen molar-refractivity contribution < 1.29 is 9.90 Å².